The monoisotopic (exact) mass is 287 g/mol. The van der Waals surface area contributed by atoms with Crippen LogP contribution in [0, 0.1) is 22.1 Å². The van der Waals surface area contributed by atoms with Crippen molar-refractivity contribution in [3.05, 3.63) is 51.4 Å². The second kappa shape index (κ2) is 5.11. The van der Waals surface area contributed by atoms with E-state index in [1.165, 1.54) is 12.1 Å². The number of aromatic nitrogens is 2. The molecule has 0 atom stereocenters. The van der Waals surface area contributed by atoms with Crippen molar-refractivity contribution in [3.8, 4) is 11.6 Å². The van der Waals surface area contributed by atoms with E-state index in [1.807, 2.05) is 0 Å². The molecular weight excluding hydrogens is 284 g/mol. The molecule has 6 nitrogen and oxygen atoms in total. The highest BCUT2D eigenvalue weighted by Crippen LogP contribution is 2.29. The van der Waals surface area contributed by atoms with Gasteiger partial charge in [0.15, 0.2) is 5.02 Å². The first-order chi connectivity index (χ1) is 8.97. The number of halogens is 3. The molecule has 98 valence electrons. The Morgan fingerprint density at radius 1 is 1.21 bits per heavy atom. The number of ether oxygens (including phenoxy) is 1. The molecule has 0 unspecified atom stereocenters. The van der Waals surface area contributed by atoms with E-state index in [9.17, 15) is 18.9 Å². The predicted octanol–water partition coefficient (Wildman–Crippen LogP) is 3.11. The van der Waals surface area contributed by atoms with Gasteiger partial charge in [-0.25, -0.2) is 0 Å². The number of nitro groups is 1. The Balaban J connectivity index is 2.28. The summed E-state index contributed by atoms with van der Waals surface area (Å²) in [5.74, 6) is -1.68. The Kier molecular flexibility index (Phi) is 3.52. The Morgan fingerprint density at radius 3 is 2.42 bits per heavy atom. The SMILES string of the molecule is O=[N+]([O-])c1ccc(Oc2nc(F)nc(F)c2Cl)cc1. The summed E-state index contributed by atoms with van der Waals surface area (Å²) in [5.41, 5.74) is -0.154. The smallest absolute Gasteiger partial charge is 0.314 e. The van der Waals surface area contributed by atoms with Crippen LogP contribution in [0.1, 0.15) is 0 Å². The molecule has 0 fully saturated rings. The summed E-state index contributed by atoms with van der Waals surface area (Å²) in [4.78, 5) is 15.8. The van der Waals surface area contributed by atoms with Gasteiger partial charge in [0.05, 0.1) is 4.92 Å². The number of hydrogen-bond donors (Lipinski definition) is 0. The number of rotatable bonds is 3. The first-order valence-corrected chi connectivity index (χ1v) is 5.16. The summed E-state index contributed by atoms with van der Waals surface area (Å²) >= 11 is 5.50. The van der Waals surface area contributed by atoms with E-state index >= 15 is 0 Å². The lowest BCUT2D eigenvalue weighted by molar-refractivity contribution is -0.384. The first-order valence-electron chi connectivity index (χ1n) is 4.78. The van der Waals surface area contributed by atoms with E-state index in [2.05, 4.69) is 9.97 Å². The molecule has 2 rings (SSSR count). The van der Waals surface area contributed by atoms with Gasteiger partial charge in [-0.05, 0) is 12.1 Å². The minimum Gasteiger partial charge on any atom is -0.437 e. The van der Waals surface area contributed by atoms with Crippen molar-refractivity contribution >= 4 is 17.3 Å². The fourth-order valence-electron chi connectivity index (χ4n) is 1.19. The lowest BCUT2D eigenvalue weighted by Gasteiger charge is -2.06. The highest BCUT2D eigenvalue weighted by Gasteiger charge is 2.15. The zero-order chi connectivity index (χ0) is 14.0. The van der Waals surface area contributed by atoms with Gasteiger partial charge in [0.25, 0.3) is 5.69 Å². The standard InChI is InChI=1S/C10H4ClF2N3O3/c11-7-8(12)14-10(13)15-9(7)19-6-3-1-5(2-4-6)16(17)18/h1-4H. The van der Waals surface area contributed by atoms with Crippen molar-refractivity contribution in [2.24, 2.45) is 0 Å². The topological polar surface area (TPSA) is 78.2 Å². The number of nitrogens with zero attached hydrogens (tertiary/aromatic N) is 3. The third-order valence-electron chi connectivity index (χ3n) is 2.02. The minimum absolute atomic E-state index is 0.0880. The molecule has 0 aliphatic rings. The zero-order valence-electron chi connectivity index (χ0n) is 9.01. The predicted molar refractivity (Wildman–Crippen MR) is 60.1 cm³/mol. The summed E-state index contributed by atoms with van der Waals surface area (Å²) in [5, 5.41) is 9.85. The van der Waals surface area contributed by atoms with Crippen LogP contribution < -0.4 is 4.74 Å². The number of benzene rings is 1. The second-order valence-corrected chi connectivity index (χ2v) is 3.63. The quantitative estimate of drug-likeness (QED) is 0.375. The summed E-state index contributed by atoms with van der Waals surface area (Å²) < 4.78 is 30.8. The van der Waals surface area contributed by atoms with E-state index in [4.69, 9.17) is 16.3 Å². The minimum atomic E-state index is -1.33. The molecule has 1 aromatic heterocycles. The molecule has 0 radical (unpaired) electrons. The molecule has 0 saturated heterocycles. The summed E-state index contributed by atoms with van der Waals surface area (Å²) in [6.45, 7) is 0. The number of nitro benzene ring substituents is 1. The molecule has 1 heterocycles. The fourth-order valence-corrected chi connectivity index (χ4v) is 1.31. The van der Waals surface area contributed by atoms with Gasteiger partial charge in [-0.2, -0.15) is 18.7 Å². The van der Waals surface area contributed by atoms with Crippen LogP contribution in [0.3, 0.4) is 0 Å². The van der Waals surface area contributed by atoms with Crippen LogP contribution in [-0.2, 0) is 0 Å². The first kappa shape index (κ1) is 13.1. The Hall–Kier alpha value is -2.35. The van der Waals surface area contributed by atoms with Crippen LogP contribution >= 0.6 is 11.6 Å². The van der Waals surface area contributed by atoms with Crippen molar-refractivity contribution in [1.29, 1.82) is 0 Å². The zero-order valence-corrected chi connectivity index (χ0v) is 9.77. The van der Waals surface area contributed by atoms with E-state index in [0.717, 1.165) is 12.1 Å². The number of non-ortho nitro benzene ring substituents is 1. The van der Waals surface area contributed by atoms with E-state index in [0.29, 0.717) is 0 Å². The molecule has 0 spiro atoms. The third-order valence-corrected chi connectivity index (χ3v) is 2.33. The normalized spacial score (nSPS) is 10.3. The van der Waals surface area contributed by atoms with Crippen LogP contribution in [0.2, 0.25) is 5.02 Å². The van der Waals surface area contributed by atoms with Gasteiger partial charge < -0.3 is 4.74 Å². The van der Waals surface area contributed by atoms with Gasteiger partial charge in [-0.1, -0.05) is 11.6 Å². The van der Waals surface area contributed by atoms with E-state index in [1.54, 1.807) is 0 Å². The van der Waals surface area contributed by atoms with Crippen LogP contribution in [0.15, 0.2) is 24.3 Å². The van der Waals surface area contributed by atoms with Gasteiger partial charge in [0, 0.05) is 12.1 Å². The van der Waals surface area contributed by atoms with Crippen molar-refractivity contribution < 1.29 is 18.4 Å². The molecule has 0 amide bonds. The summed E-state index contributed by atoms with van der Waals surface area (Å²) in [6.07, 6.45) is -1.33. The van der Waals surface area contributed by atoms with Gasteiger partial charge in [-0.3, -0.25) is 10.1 Å². The molecule has 0 aliphatic heterocycles. The van der Waals surface area contributed by atoms with Crippen molar-refractivity contribution in [1.82, 2.24) is 9.97 Å². The van der Waals surface area contributed by atoms with Crippen molar-refractivity contribution in [2.45, 2.75) is 0 Å². The molecule has 1 aromatic carbocycles. The Labute approximate surface area is 109 Å². The van der Waals surface area contributed by atoms with E-state index < -0.39 is 27.9 Å². The van der Waals surface area contributed by atoms with Gasteiger partial charge in [0.2, 0.25) is 11.8 Å². The highest BCUT2D eigenvalue weighted by molar-refractivity contribution is 6.31. The maximum Gasteiger partial charge on any atom is 0.314 e. The molecule has 0 bridgehead atoms. The molecule has 9 heteroatoms. The average molecular weight is 288 g/mol. The van der Waals surface area contributed by atoms with Crippen LogP contribution in [0.25, 0.3) is 0 Å². The summed E-state index contributed by atoms with van der Waals surface area (Å²) in [7, 11) is 0. The molecule has 2 aromatic rings. The van der Waals surface area contributed by atoms with E-state index in [-0.39, 0.29) is 11.4 Å². The third kappa shape index (κ3) is 2.91. The van der Waals surface area contributed by atoms with Crippen LogP contribution in [0.4, 0.5) is 14.5 Å². The van der Waals surface area contributed by atoms with Crippen molar-refractivity contribution in [2.75, 3.05) is 0 Å². The second-order valence-electron chi connectivity index (χ2n) is 3.26. The summed E-state index contributed by atoms with van der Waals surface area (Å²) in [6, 6.07) is 4.81. The van der Waals surface area contributed by atoms with Gasteiger partial charge >= 0.3 is 6.08 Å². The molecule has 0 N–H and O–H groups in total. The average Bonchev–Trinajstić information content (AvgIpc) is 2.36. The maximum atomic E-state index is 13.0. The lowest BCUT2D eigenvalue weighted by atomic mass is 10.3. The largest absolute Gasteiger partial charge is 0.437 e. The maximum absolute atomic E-state index is 13.0. The van der Waals surface area contributed by atoms with Gasteiger partial charge in [-0.15, -0.1) is 0 Å². The highest BCUT2D eigenvalue weighted by atomic mass is 35.5. The molecular formula is C10H4ClF2N3O3. The Morgan fingerprint density at radius 2 is 1.84 bits per heavy atom. The van der Waals surface area contributed by atoms with Crippen LogP contribution in [-0.4, -0.2) is 14.9 Å². The lowest BCUT2D eigenvalue weighted by Crippen LogP contribution is -1.99. The molecule has 0 aliphatic carbocycles. The van der Waals surface area contributed by atoms with Crippen LogP contribution in [0.5, 0.6) is 11.6 Å². The Bertz CT molecular complexity index is 637. The van der Waals surface area contributed by atoms with Gasteiger partial charge in [0.1, 0.15) is 5.75 Å². The molecule has 19 heavy (non-hydrogen) atoms. The molecule has 0 saturated carbocycles. The fraction of sp³-hybridized carbons (Fsp3) is 0. The number of hydrogen-bond acceptors (Lipinski definition) is 5. The van der Waals surface area contributed by atoms with Crippen molar-refractivity contribution in [3.63, 3.8) is 0 Å².